The van der Waals surface area contributed by atoms with Gasteiger partial charge in [0.05, 0.1) is 5.56 Å². The molecule has 0 atom stereocenters. The molecule has 0 bridgehead atoms. The Morgan fingerprint density at radius 3 is 2.62 bits per heavy atom. The molecule has 16 heavy (non-hydrogen) atoms. The lowest BCUT2D eigenvalue weighted by Crippen LogP contribution is -2.28. The van der Waals surface area contributed by atoms with Gasteiger partial charge in [-0.1, -0.05) is 19.1 Å². The van der Waals surface area contributed by atoms with Gasteiger partial charge in [-0.15, -0.1) is 11.6 Å². The molecule has 1 heterocycles. The van der Waals surface area contributed by atoms with E-state index in [1.165, 1.54) is 6.07 Å². The first-order valence-corrected chi connectivity index (χ1v) is 6.76. The number of amides is 1. The number of aryl methyl sites for hydroxylation is 1. The fraction of sp³-hybridized carbons (Fsp3) is 0.300. The standard InChI is InChI=1S/C10H10ClNO3S/c1-2-7-4-3-5-8-9(7)10(13)12(6-11)16(8,14)15/h3-5H,2,6H2,1H3. The number of hydrogen-bond donors (Lipinski definition) is 0. The monoisotopic (exact) mass is 259 g/mol. The van der Waals surface area contributed by atoms with E-state index < -0.39 is 15.9 Å². The van der Waals surface area contributed by atoms with Gasteiger partial charge in [-0.2, -0.15) is 0 Å². The fourth-order valence-electron chi connectivity index (χ4n) is 1.80. The molecule has 0 aliphatic carbocycles. The molecule has 86 valence electrons. The normalized spacial score (nSPS) is 17.6. The second kappa shape index (κ2) is 3.75. The largest absolute Gasteiger partial charge is 0.270 e. The van der Waals surface area contributed by atoms with E-state index in [2.05, 4.69) is 0 Å². The molecule has 1 aromatic rings. The summed E-state index contributed by atoms with van der Waals surface area (Å²) >= 11 is 5.50. The predicted molar refractivity (Wildman–Crippen MR) is 59.9 cm³/mol. The van der Waals surface area contributed by atoms with Gasteiger partial charge in [0.25, 0.3) is 15.9 Å². The van der Waals surface area contributed by atoms with Gasteiger partial charge < -0.3 is 0 Å². The van der Waals surface area contributed by atoms with Gasteiger partial charge >= 0.3 is 0 Å². The minimum Gasteiger partial charge on any atom is -0.268 e. The zero-order valence-corrected chi connectivity index (χ0v) is 10.2. The van der Waals surface area contributed by atoms with E-state index in [1.807, 2.05) is 6.92 Å². The molecule has 1 amide bonds. The highest BCUT2D eigenvalue weighted by Crippen LogP contribution is 2.32. The van der Waals surface area contributed by atoms with Crippen LogP contribution < -0.4 is 0 Å². The molecule has 1 aromatic carbocycles. The molecule has 2 rings (SSSR count). The predicted octanol–water partition coefficient (Wildman–Crippen LogP) is 1.59. The summed E-state index contributed by atoms with van der Waals surface area (Å²) in [7, 11) is -3.73. The molecule has 6 heteroatoms. The molecule has 0 radical (unpaired) electrons. The van der Waals surface area contributed by atoms with Gasteiger partial charge in [-0.3, -0.25) is 4.79 Å². The van der Waals surface area contributed by atoms with Crippen LogP contribution in [0, 0.1) is 0 Å². The third kappa shape index (κ3) is 1.35. The Bertz CT molecular complexity index is 553. The van der Waals surface area contributed by atoms with E-state index in [0.29, 0.717) is 10.7 Å². The van der Waals surface area contributed by atoms with Gasteiger partial charge in [0.2, 0.25) is 0 Å². The SMILES string of the molecule is CCc1cccc2c1C(=O)N(CCl)S2(=O)=O. The van der Waals surface area contributed by atoms with Crippen LogP contribution in [0.2, 0.25) is 0 Å². The summed E-state index contributed by atoms with van der Waals surface area (Å²) < 4.78 is 24.5. The van der Waals surface area contributed by atoms with E-state index in [9.17, 15) is 13.2 Å². The van der Waals surface area contributed by atoms with E-state index >= 15 is 0 Å². The van der Waals surface area contributed by atoms with Crippen molar-refractivity contribution < 1.29 is 13.2 Å². The molecule has 0 N–H and O–H groups in total. The number of fused-ring (bicyclic) bond motifs is 1. The molecule has 0 aromatic heterocycles. The highest BCUT2D eigenvalue weighted by atomic mass is 35.5. The first kappa shape index (κ1) is 11.4. The first-order chi connectivity index (χ1) is 7.54. The summed E-state index contributed by atoms with van der Waals surface area (Å²) in [6.45, 7) is 1.87. The molecule has 4 nitrogen and oxygen atoms in total. The zero-order valence-electron chi connectivity index (χ0n) is 8.60. The maximum absolute atomic E-state index is 11.9. The maximum Gasteiger partial charge on any atom is 0.270 e. The number of carbonyl (C=O) groups excluding carboxylic acids is 1. The van der Waals surface area contributed by atoms with Crippen LogP contribution in [0.4, 0.5) is 0 Å². The lowest BCUT2D eigenvalue weighted by molar-refractivity contribution is 0.0885. The van der Waals surface area contributed by atoms with Gasteiger partial charge in [0.1, 0.15) is 10.9 Å². The molecule has 1 aliphatic heterocycles. The lowest BCUT2D eigenvalue weighted by atomic mass is 10.0. The number of sulfonamides is 1. The molecular formula is C10H10ClNO3S. The first-order valence-electron chi connectivity index (χ1n) is 4.79. The minimum atomic E-state index is -3.73. The smallest absolute Gasteiger partial charge is 0.268 e. The Labute approximate surface area is 98.9 Å². The number of halogens is 1. The van der Waals surface area contributed by atoms with Crippen LogP contribution in [0.25, 0.3) is 0 Å². The van der Waals surface area contributed by atoms with Gasteiger partial charge in [0.15, 0.2) is 0 Å². The Balaban J connectivity index is 2.76. The summed E-state index contributed by atoms with van der Waals surface area (Å²) in [6, 6.07) is 4.48. The van der Waals surface area contributed by atoms with Gasteiger partial charge in [0, 0.05) is 0 Å². The quantitative estimate of drug-likeness (QED) is 0.599. The van der Waals surface area contributed by atoms with Crippen LogP contribution in [0.1, 0.15) is 22.8 Å². The Hall–Kier alpha value is -1.07. The fourth-order valence-corrected chi connectivity index (χ4v) is 3.70. The Kier molecular flexibility index (Phi) is 2.67. The topological polar surface area (TPSA) is 54.5 Å². The van der Waals surface area contributed by atoms with Crippen LogP contribution in [0.5, 0.6) is 0 Å². The summed E-state index contributed by atoms with van der Waals surface area (Å²) in [5.41, 5.74) is 1.00. The molecule has 0 fully saturated rings. The molecule has 0 spiro atoms. The third-order valence-corrected chi connectivity index (χ3v) is 4.76. The van der Waals surface area contributed by atoms with E-state index in [4.69, 9.17) is 11.6 Å². The number of hydrogen-bond acceptors (Lipinski definition) is 3. The second-order valence-electron chi connectivity index (χ2n) is 3.42. The average Bonchev–Trinajstić information content (AvgIpc) is 2.47. The maximum atomic E-state index is 11.9. The third-order valence-electron chi connectivity index (χ3n) is 2.61. The average molecular weight is 260 g/mol. The number of rotatable bonds is 2. The number of alkyl halides is 1. The van der Waals surface area contributed by atoms with Crippen molar-refractivity contribution in [1.29, 1.82) is 0 Å². The second-order valence-corrected chi connectivity index (χ2v) is 5.49. The highest BCUT2D eigenvalue weighted by Gasteiger charge is 2.41. The van der Waals surface area contributed by atoms with Crippen molar-refractivity contribution in [2.45, 2.75) is 18.2 Å². The van der Waals surface area contributed by atoms with Crippen LogP contribution in [-0.4, -0.2) is 24.6 Å². The van der Waals surface area contributed by atoms with E-state index in [1.54, 1.807) is 12.1 Å². The van der Waals surface area contributed by atoms with Crippen LogP contribution in [-0.2, 0) is 16.4 Å². The summed E-state index contributed by atoms with van der Waals surface area (Å²) in [5, 5.41) is 0. The molecule has 0 saturated carbocycles. The van der Waals surface area contributed by atoms with E-state index in [0.717, 1.165) is 5.56 Å². The van der Waals surface area contributed by atoms with Crippen molar-refractivity contribution in [3.63, 3.8) is 0 Å². The summed E-state index contributed by atoms with van der Waals surface area (Å²) in [6.07, 6.45) is 0.612. The minimum absolute atomic E-state index is 0.0671. The van der Waals surface area contributed by atoms with Gasteiger partial charge in [-0.25, -0.2) is 12.7 Å². The molecule has 0 saturated heterocycles. The van der Waals surface area contributed by atoms with Crippen molar-refractivity contribution in [3.8, 4) is 0 Å². The zero-order chi connectivity index (χ0) is 11.9. The van der Waals surface area contributed by atoms with Gasteiger partial charge in [-0.05, 0) is 18.1 Å². The van der Waals surface area contributed by atoms with Crippen molar-refractivity contribution in [2.24, 2.45) is 0 Å². The molecular weight excluding hydrogens is 250 g/mol. The summed E-state index contributed by atoms with van der Waals surface area (Å²) in [4.78, 5) is 12.0. The summed E-state index contributed by atoms with van der Waals surface area (Å²) in [5.74, 6) is -0.526. The van der Waals surface area contributed by atoms with Crippen molar-refractivity contribution in [2.75, 3.05) is 6.00 Å². The Morgan fingerprint density at radius 1 is 1.38 bits per heavy atom. The molecule has 0 unspecified atom stereocenters. The number of benzene rings is 1. The number of nitrogens with zero attached hydrogens (tertiary/aromatic N) is 1. The van der Waals surface area contributed by atoms with E-state index in [-0.39, 0.29) is 16.5 Å². The van der Waals surface area contributed by atoms with Crippen molar-refractivity contribution in [1.82, 2.24) is 4.31 Å². The Morgan fingerprint density at radius 2 is 2.06 bits per heavy atom. The molecule has 1 aliphatic rings. The van der Waals surface area contributed by atoms with Crippen LogP contribution >= 0.6 is 11.6 Å². The number of carbonyl (C=O) groups is 1. The van der Waals surface area contributed by atoms with Crippen LogP contribution in [0.3, 0.4) is 0 Å². The van der Waals surface area contributed by atoms with Crippen molar-refractivity contribution in [3.05, 3.63) is 29.3 Å². The van der Waals surface area contributed by atoms with Crippen LogP contribution in [0.15, 0.2) is 23.1 Å². The highest BCUT2D eigenvalue weighted by molar-refractivity contribution is 7.90. The lowest BCUT2D eigenvalue weighted by Gasteiger charge is -2.09. The van der Waals surface area contributed by atoms with Crippen molar-refractivity contribution >= 4 is 27.5 Å².